The van der Waals surface area contributed by atoms with Gasteiger partial charge in [-0.1, -0.05) is 60.7 Å². The van der Waals surface area contributed by atoms with Crippen molar-refractivity contribution in [2.45, 2.75) is 12.8 Å². The van der Waals surface area contributed by atoms with Gasteiger partial charge < -0.3 is 0 Å². The predicted molar refractivity (Wildman–Crippen MR) is 80.6 cm³/mol. The average Bonchev–Trinajstić information content (AvgIpc) is 2.29. The minimum absolute atomic E-state index is 0. The van der Waals surface area contributed by atoms with Gasteiger partial charge in [0.15, 0.2) is 17.4 Å². The smallest absolute Gasteiger partial charge is 0.114 e. The zero-order valence-electron chi connectivity index (χ0n) is 8.60. The Bertz CT molecular complexity index is 333. The van der Waals surface area contributed by atoms with Gasteiger partial charge >= 0.3 is 0 Å². The molecule has 0 fully saturated rings. The van der Waals surface area contributed by atoms with Gasteiger partial charge in [-0.25, -0.2) is 0 Å². The van der Waals surface area contributed by atoms with Crippen molar-refractivity contribution in [3.05, 3.63) is 71.8 Å². The Balaban J connectivity index is 0.00000112. The monoisotopic (exact) mass is 292 g/mol. The van der Waals surface area contributed by atoms with Gasteiger partial charge in [-0.3, -0.25) is 0 Å². The molecule has 0 aliphatic rings. The van der Waals surface area contributed by atoms with Crippen LogP contribution in [-0.4, -0.2) is 17.4 Å². The first-order valence-corrected chi connectivity index (χ1v) is 5.03. The van der Waals surface area contributed by atoms with E-state index in [0.717, 1.165) is 12.8 Å². The van der Waals surface area contributed by atoms with Gasteiger partial charge in [0.2, 0.25) is 0 Å². The van der Waals surface area contributed by atoms with Crippen molar-refractivity contribution in [3.63, 3.8) is 0 Å². The molecule has 0 radical (unpaired) electrons. The second-order valence-electron chi connectivity index (χ2n) is 3.47. The molecule has 0 unspecified atom stereocenters. The highest BCUT2D eigenvalue weighted by Gasteiger charge is 1.93. The fourth-order valence-electron chi connectivity index (χ4n) is 1.58. The Morgan fingerprint density at radius 2 is 0.875 bits per heavy atom. The number of aryl methyl sites for hydroxylation is 2. The fraction of sp³-hybridized carbons (Fsp3) is 0.143. The van der Waals surface area contributed by atoms with Gasteiger partial charge in [-0.2, -0.15) is 0 Å². The Hall–Kier alpha value is -0.548. The number of hydrogen-bond acceptors (Lipinski definition) is 0. The molecule has 0 nitrogen and oxygen atoms in total. The maximum atomic E-state index is 2.18. The third-order valence-corrected chi connectivity index (χ3v) is 2.39. The number of halogens is 1. The summed E-state index contributed by atoms with van der Waals surface area (Å²) in [5.41, 5.74) is 2.83. The van der Waals surface area contributed by atoms with E-state index in [1.807, 2.05) is 0 Å². The van der Waals surface area contributed by atoms with E-state index in [-0.39, 0.29) is 34.3 Å². The van der Waals surface area contributed by atoms with Gasteiger partial charge in [-0.15, -0.1) is 17.0 Å². The van der Waals surface area contributed by atoms with E-state index in [2.05, 4.69) is 60.7 Å². The largest absolute Gasteiger partial charge is 0.187 e. The van der Waals surface area contributed by atoms with Crippen LogP contribution in [0.1, 0.15) is 11.1 Å². The summed E-state index contributed by atoms with van der Waals surface area (Å²) in [5, 5.41) is 0. The van der Waals surface area contributed by atoms with E-state index in [1.165, 1.54) is 11.1 Å². The second kappa shape index (κ2) is 8.59. The SMILES string of the molecule is Br.[AlH3].c1ccc(CCc2ccccc2)cc1. The molecule has 2 aromatic rings. The van der Waals surface area contributed by atoms with Gasteiger partial charge in [0.05, 0.1) is 0 Å². The molecule has 0 N–H and O–H groups in total. The topological polar surface area (TPSA) is 0 Å². The summed E-state index contributed by atoms with van der Waals surface area (Å²) < 4.78 is 0. The zero-order chi connectivity index (χ0) is 9.64. The highest BCUT2D eigenvalue weighted by atomic mass is 79.9. The standard InChI is InChI=1S/C14H14.Al.BrH.3H/c1-3-7-13(8-4-1)11-12-14-9-5-2-6-10-14;;;;;/h1-10H,11-12H2;;1H;;;. The van der Waals surface area contributed by atoms with Crippen molar-refractivity contribution in [2.24, 2.45) is 0 Å². The first-order valence-electron chi connectivity index (χ1n) is 5.03. The van der Waals surface area contributed by atoms with Crippen molar-refractivity contribution < 1.29 is 0 Å². The molecule has 2 rings (SSSR count). The highest BCUT2D eigenvalue weighted by molar-refractivity contribution is 8.93. The van der Waals surface area contributed by atoms with Gasteiger partial charge in [0.1, 0.15) is 0 Å². The fourth-order valence-corrected chi connectivity index (χ4v) is 1.58. The molecule has 2 aromatic carbocycles. The van der Waals surface area contributed by atoms with Crippen molar-refractivity contribution in [3.8, 4) is 0 Å². The van der Waals surface area contributed by atoms with E-state index in [1.54, 1.807) is 0 Å². The Morgan fingerprint density at radius 3 is 1.19 bits per heavy atom. The van der Waals surface area contributed by atoms with Crippen LogP contribution in [-0.2, 0) is 12.8 Å². The van der Waals surface area contributed by atoms with Crippen LogP contribution >= 0.6 is 17.0 Å². The Kier molecular flexibility index (Phi) is 8.29. The number of benzene rings is 2. The number of rotatable bonds is 3. The van der Waals surface area contributed by atoms with E-state index < -0.39 is 0 Å². The normalized spacial score (nSPS) is 8.75. The molecule has 0 bridgehead atoms. The van der Waals surface area contributed by atoms with Gasteiger partial charge in [0.25, 0.3) is 0 Å². The van der Waals surface area contributed by atoms with Crippen LogP contribution in [0.2, 0.25) is 0 Å². The molecule has 0 saturated heterocycles. The maximum absolute atomic E-state index is 2.18. The molecule has 0 aromatic heterocycles. The van der Waals surface area contributed by atoms with Crippen LogP contribution in [0.3, 0.4) is 0 Å². The molecule has 0 aliphatic heterocycles. The third-order valence-electron chi connectivity index (χ3n) is 2.39. The van der Waals surface area contributed by atoms with E-state index in [9.17, 15) is 0 Å². The first-order chi connectivity index (χ1) is 6.95. The average molecular weight is 293 g/mol. The molecule has 2 heteroatoms. The molecule has 0 heterocycles. The lowest BCUT2D eigenvalue weighted by molar-refractivity contribution is 0.960. The lowest BCUT2D eigenvalue weighted by atomic mass is 10.0. The van der Waals surface area contributed by atoms with Crippen LogP contribution < -0.4 is 0 Å². The minimum atomic E-state index is 0. The summed E-state index contributed by atoms with van der Waals surface area (Å²) in [6.45, 7) is 0. The van der Waals surface area contributed by atoms with Crippen LogP contribution in [0, 0.1) is 0 Å². The molecule has 16 heavy (non-hydrogen) atoms. The minimum Gasteiger partial charge on any atom is -0.114 e. The molecular formula is C14H18AlBr. The first kappa shape index (κ1) is 15.5. The lowest BCUT2D eigenvalue weighted by Crippen LogP contribution is -1.89. The van der Waals surface area contributed by atoms with Crippen LogP contribution in [0.5, 0.6) is 0 Å². The quantitative estimate of drug-likeness (QED) is 0.763. The molecule has 0 atom stereocenters. The summed E-state index contributed by atoms with van der Waals surface area (Å²) in [5.74, 6) is 0. The van der Waals surface area contributed by atoms with Crippen molar-refractivity contribution in [2.75, 3.05) is 0 Å². The lowest BCUT2D eigenvalue weighted by Gasteiger charge is -2.01. The van der Waals surface area contributed by atoms with Crippen LogP contribution in [0.15, 0.2) is 60.7 Å². The predicted octanol–water partition coefficient (Wildman–Crippen LogP) is 2.87. The zero-order valence-corrected chi connectivity index (χ0v) is 10.3. The maximum Gasteiger partial charge on any atom is 0.187 e. The molecule has 84 valence electrons. The van der Waals surface area contributed by atoms with E-state index in [0.29, 0.717) is 0 Å². The van der Waals surface area contributed by atoms with Crippen LogP contribution in [0.4, 0.5) is 0 Å². The summed E-state index contributed by atoms with van der Waals surface area (Å²) in [7, 11) is 0. The van der Waals surface area contributed by atoms with E-state index >= 15 is 0 Å². The van der Waals surface area contributed by atoms with Crippen molar-refractivity contribution in [1.29, 1.82) is 0 Å². The Labute approximate surface area is 119 Å². The van der Waals surface area contributed by atoms with E-state index in [4.69, 9.17) is 0 Å². The molecule has 0 aliphatic carbocycles. The summed E-state index contributed by atoms with van der Waals surface area (Å²) in [4.78, 5) is 0. The molecule has 0 saturated carbocycles. The molecule has 0 amide bonds. The van der Waals surface area contributed by atoms with Gasteiger partial charge in [-0.05, 0) is 24.0 Å². The highest BCUT2D eigenvalue weighted by Crippen LogP contribution is 2.06. The third kappa shape index (κ3) is 4.99. The Morgan fingerprint density at radius 1 is 0.562 bits per heavy atom. The molecule has 0 spiro atoms. The summed E-state index contributed by atoms with van der Waals surface area (Å²) in [6.07, 6.45) is 2.26. The van der Waals surface area contributed by atoms with Crippen molar-refractivity contribution in [1.82, 2.24) is 0 Å². The number of hydrogen-bond donors (Lipinski definition) is 0. The van der Waals surface area contributed by atoms with Crippen LogP contribution in [0.25, 0.3) is 0 Å². The summed E-state index contributed by atoms with van der Waals surface area (Å²) >= 11 is 0. The summed E-state index contributed by atoms with van der Waals surface area (Å²) in [6, 6.07) is 21.2. The molecular weight excluding hydrogens is 275 g/mol. The van der Waals surface area contributed by atoms with Gasteiger partial charge in [0, 0.05) is 0 Å². The second-order valence-corrected chi connectivity index (χ2v) is 3.47. The van der Waals surface area contributed by atoms with Crippen molar-refractivity contribution >= 4 is 34.3 Å².